The van der Waals surface area contributed by atoms with Crippen LogP contribution in [0.5, 0.6) is 0 Å². The molecular weight excluding hydrogens is 392 g/mol. The first-order chi connectivity index (χ1) is 14.8. The quantitative estimate of drug-likeness (QED) is 0.293. The fraction of sp³-hybridized carbons (Fsp3) is 0.0800. The van der Waals surface area contributed by atoms with Gasteiger partial charge in [0.2, 0.25) is 0 Å². The van der Waals surface area contributed by atoms with Crippen LogP contribution in [0.3, 0.4) is 0 Å². The smallest absolute Gasteiger partial charge is 0.181 e. The molecule has 0 aliphatic heterocycles. The van der Waals surface area contributed by atoms with Crippen molar-refractivity contribution in [2.24, 2.45) is 0 Å². The minimum absolute atomic E-state index is 0.557. The van der Waals surface area contributed by atoms with Gasteiger partial charge >= 0.3 is 0 Å². The summed E-state index contributed by atoms with van der Waals surface area (Å²) in [6.45, 7) is 1.11. The van der Waals surface area contributed by atoms with Gasteiger partial charge in [-0.1, -0.05) is 60.7 Å². The predicted octanol–water partition coefficient (Wildman–Crippen LogP) is 6.64. The molecule has 0 amide bonds. The van der Waals surface area contributed by atoms with Crippen LogP contribution in [-0.4, -0.2) is 9.13 Å². The standard InChI is InChI=1S/C25H20N2O2S/c30-25-26(17-21-13-7-15-28-21)23(19-9-3-1-4-10-19)24(20-11-5-2-6-12-20)27(25)18-22-14-8-16-29-22/h1-16H,17-18H2. The van der Waals surface area contributed by atoms with Crippen molar-refractivity contribution in [2.75, 3.05) is 0 Å². The number of aromatic nitrogens is 2. The fourth-order valence-corrected chi connectivity index (χ4v) is 4.09. The second-order valence-corrected chi connectivity index (χ2v) is 7.41. The first kappa shape index (κ1) is 18.5. The van der Waals surface area contributed by atoms with Crippen LogP contribution >= 0.6 is 12.2 Å². The SMILES string of the molecule is S=c1n(Cc2ccco2)c(-c2ccccc2)c(-c2ccccc2)n1Cc1ccco1. The Morgan fingerprint density at radius 2 is 1.00 bits per heavy atom. The molecule has 3 aromatic heterocycles. The molecule has 5 heteroatoms. The van der Waals surface area contributed by atoms with E-state index in [1.807, 2.05) is 60.7 Å². The second kappa shape index (κ2) is 8.05. The first-order valence-corrected chi connectivity index (χ1v) is 10.2. The Hall–Kier alpha value is -3.57. The highest BCUT2D eigenvalue weighted by Gasteiger charge is 2.22. The van der Waals surface area contributed by atoms with Gasteiger partial charge in [-0.2, -0.15) is 0 Å². The maximum absolute atomic E-state index is 5.99. The third kappa shape index (κ3) is 3.44. The molecule has 0 unspecified atom stereocenters. The predicted molar refractivity (Wildman–Crippen MR) is 120 cm³/mol. The van der Waals surface area contributed by atoms with Crippen LogP contribution in [0, 0.1) is 4.77 Å². The van der Waals surface area contributed by atoms with E-state index in [-0.39, 0.29) is 0 Å². The molecule has 0 aliphatic rings. The van der Waals surface area contributed by atoms with Crippen molar-refractivity contribution in [1.29, 1.82) is 0 Å². The highest BCUT2D eigenvalue weighted by molar-refractivity contribution is 7.71. The van der Waals surface area contributed by atoms with Gasteiger partial charge in [0.05, 0.1) is 37.0 Å². The van der Waals surface area contributed by atoms with Gasteiger partial charge < -0.3 is 18.0 Å². The lowest BCUT2D eigenvalue weighted by Crippen LogP contribution is -2.04. The van der Waals surface area contributed by atoms with E-state index < -0.39 is 0 Å². The van der Waals surface area contributed by atoms with E-state index in [1.54, 1.807) is 12.5 Å². The van der Waals surface area contributed by atoms with Crippen LogP contribution in [0.15, 0.2) is 106 Å². The maximum Gasteiger partial charge on any atom is 0.181 e. The van der Waals surface area contributed by atoms with E-state index in [0.29, 0.717) is 13.1 Å². The number of benzene rings is 2. The zero-order valence-electron chi connectivity index (χ0n) is 16.3. The number of furan rings is 2. The van der Waals surface area contributed by atoms with Gasteiger partial charge in [0.1, 0.15) is 11.5 Å². The summed E-state index contributed by atoms with van der Waals surface area (Å²) < 4.78 is 16.3. The average molecular weight is 413 g/mol. The molecule has 5 rings (SSSR count). The number of nitrogens with zero attached hydrogens (tertiary/aromatic N) is 2. The Bertz CT molecular complexity index is 1180. The summed E-state index contributed by atoms with van der Waals surface area (Å²) in [5.74, 6) is 1.72. The number of hydrogen-bond donors (Lipinski definition) is 0. The van der Waals surface area contributed by atoms with Crippen molar-refractivity contribution in [1.82, 2.24) is 9.13 Å². The Labute approximate surface area is 179 Å². The van der Waals surface area contributed by atoms with Gasteiger partial charge in [-0.25, -0.2) is 0 Å². The van der Waals surface area contributed by atoms with Crippen molar-refractivity contribution < 1.29 is 8.83 Å². The van der Waals surface area contributed by atoms with Gasteiger partial charge in [-0.3, -0.25) is 0 Å². The molecule has 0 N–H and O–H groups in total. The fourth-order valence-electron chi connectivity index (χ4n) is 3.78. The van der Waals surface area contributed by atoms with Crippen molar-refractivity contribution in [2.45, 2.75) is 13.1 Å². The summed E-state index contributed by atoms with van der Waals surface area (Å²) in [6, 6.07) is 28.5. The summed E-state index contributed by atoms with van der Waals surface area (Å²) in [5, 5.41) is 0. The Morgan fingerprint density at radius 3 is 1.37 bits per heavy atom. The molecule has 0 saturated carbocycles. The molecule has 30 heavy (non-hydrogen) atoms. The molecular formula is C25H20N2O2S. The van der Waals surface area contributed by atoms with Gasteiger partial charge in [0.25, 0.3) is 0 Å². The molecule has 0 aliphatic carbocycles. The third-order valence-corrected chi connectivity index (χ3v) is 5.55. The Kier molecular flexibility index (Phi) is 4.95. The van der Waals surface area contributed by atoms with E-state index in [1.165, 1.54) is 0 Å². The summed E-state index contributed by atoms with van der Waals surface area (Å²) in [4.78, 5) is 0. The summed E-state index contributed by atoms with van der Waals surface area (Å²) in [7, 11) is 0. The zero-order valence-corrected chi connectivity index (χ0v) is 17.1. The van der Waals surface area contributed by atoms with Crippen molar-refractivity contribution in [3.63, 3.8) is 0 Å². The average Bonchev–Trinajstić information content (AvgIpc) is 3.54. The first-order valence-electron chi connectivity index (χ1n) is 9.80. The molecule has 0 bridgehead atoms. The molecule has 148 valence electrons. The Balaban J connectivity index is 1.80. The molecule has 0 fully saturated rings. The molecule has 4 nitrogen and oxygen atoms in total. The molecule has 3 heterocycles. The lowest BCUT2D eigenvalue weighted by atomic mass is 10.0. The third-order valence-electron chi connectivity index (χ3n) is 5.11. The lowest BCUT2D eigenvalue weighted by Gasteiger charge is -2.11. The summed E-state index contributed by atoms with van der Waals surface area (Å²) in [5.41, 5.74) is 4.34. The zero-order chi connectivity index (χ0) is 20.3. The van der Waals surface area contributed by atoms with Gasteiger partial charge in [0.15, 0.2) is 4.77 Å². The highest BCUT2D eigenvalue weighted by Crippen LogP contribution is 2.35. The van der Waals surface area contributed by atoms with Crippen molar-refractivity contribution in [3.8, 4) is 22.5 Å². The molecule has 5 aromatic rings. The molecule has 2 aromatic carbocycles. The van der Waals surface area contributed by atoms with Gasteiger partial charge in [0, 0.05) is 11.1 Å². The largest absolute Gasteiger partial charge is 0.467 e. The second-order valence-electron chi connectivity index (χ2n) is 7.04. The van der Waals surface area contributed by atoms with E-state index >= 15 is 0 Å². The Morgan fingerprint density at radius 1 is 0.567 bits per heavy atom. The lowest BCUT2D eigenvalue weighted by molar-refractivity contribution is 0.482. The molecule has 0 atom stereocenters. The maximum atomic E-state index is 5.99. The van der Waals surface area contributed by atoms with Gasteiger partial charge in [-0.05, 0) is 36.5 Å². The van der Waals surface area contributed by atoms with E-state index in [0.717, 1.165) is 38.8 Å². The molecule has 0 spiro atoms. The topological polar surface area (TPSA) is 36.1 Å². The van der Waals surface area contributed by atoms with Gasteiger partial charge in [-0.15, -0.1) is 0 Å². The van der Waals surface area contributed by atoms with Crippen molar-refractivity contribution in [3.05, 3.63) is 114 Å². The van der Waals surface area contributed by atoms with Crippen LogP contribution in [-0.2, 0) is 13.1 Å². The number of rotatable bonds is 6. The van der Waals surface area contributed by atoms with Crippen LogP contribution in [0.2, 0.25) is 0 Å². The van der Waals surface area contributed by atoms with Crippen LogP contribution in [0.1, 0.15) is 11.5 Å². The number of hydrogen-bond acceptors (Lipinski definition) is 3. The normalized spacial score (nSPS) is 11.1. The van der Waals surface area contributed by atoms with E-state index in [9.17, 15) is 0 Å². The molecule has 0 radical (unpaired) electrons. The van der Waals surface area contributed by atoms with E-state index in [4.69, 9.17) is 21.1 Å². The van der Waals surface area contributed by atoms with Crippen LogP contribution in [0.25, 0.3) is 22.5 Å². The van der Waals surface area contributed by atoms with Crippen LogP contribution < -0.4 is 0 Å². The monoisotopic (exact) mass is 412 g/mol. The van der Waals surface area contributed by atoms with E-state index in [2.05, 4.69) is 33.4 Å². The minimum atomic E-state index is 0.557. The summed E-state index contributed by atoms with van der Waals surface area (Å²) >= 11 is 5.99. The highest BCUT2D eigenvalue weighted by atomic mass is 32.1. The number of imidazole rings is 1. The minimum Gasteiger partial charge on any atom is -0.467 e. The summed E-state index contributed by atoms with van der Waals surface area (Å²) in [6.07, 6.45) is 3.39. The van der Waals surface area contributed by atoms with Crippen molar-refractivity contribution >= 4 is 12.2 Å². The van der Waals surface area contributed by atoms with Crippen LogP contribution in [0.4, 0.5) is 0 Å². The molecule has 0 saturated heterocycles.